The van der Waals surface area contributed by atoms with E-state index in [2.05, 4.69) is 10.4 Å². The lowest BCUT2D eigenvalue weighted by Crippen LogP contribution is -2.20. The molecule has 1 unspecified atom stereocenters. The Bertz CT molecular complexity index is 1360. The molecule has 1 amide bonds. The maximum absolute atomic E-state index is 12.2. The summed E-state index contributed by atoms with van der Waals surface area (Å²) < 4.78 is 30.0. The molecule has 10 heteroatoms. The number of amides is 1. The van der Waals surface area contributed by atoms with Crippen LogP contribution in [0.1, 0.15) is 23.7 Å². The van der Waals surface area contributed by atoms with Crippen LogP contribution in [0.3, 0.4) is 0 Å². The van der Waals surface area contributed by atoms with Crippen LogP contribution >= 0.6 is 11.6 Å². The van der Waals surface area contributed by atoms with Crippen LogP contribution in [0.15, 0.2) is 48.5 Å². The van der Waals surface area contributed by atoms with Crippen molar-refractivity contribution in [3.05, 3.63) is 65.0 Å². The van der Waals surface area contributed by atoms with Crippen LogP contribution < -0.4 is 5.32 Å². The number of nitrogens with one attached hydrogen (secondary N) is 1. The number of sulfone groups is 1. The Hall–Kier alpha value is -3.17. The van der Waals surface area contributed by atoms with E-state index < -0.39 is 28.3 Å². The SMILES string of the molecule is Cc1nn(C2CCS(=O)(=O)C2)c(Cl)c1/C=C/C(=O)OCC(=O)Nc1cccc2ccccc12. The van der Waals surface area contributed by atoms with E-state index in [4.69, 9.17) is 16.3 Å². The van der Waals surface area contributed by atoms with Crippen molar-refractivity contribution in [2.45, 2.75) is 19.4 Å². The summed E-state index contributed by atoms with van der Waals surface area (Å²) in [6, 6.07) is 12.9. The molecule has 172 valence electrons. The highest BCUT2D eigenvalue weighted by molar-refractivity contribution is 7.91. The van der Waals surface area contributed by atoms with E-state index in [0.29, 0.717) is 23.4 Å². The zero-order chi connectivity index (χ0) is 23.6. The first-order chi connectivity index (χ1) is 15.7. The van der Waals surface area contributed by atoms with Gasteiger partial charge in [0.15, 0.2) is 16.4 Å². The fourth-order valence-electron chi connectivity index (χ4n) is 3.79. The molecule has 8 nitrogen and oxygen atoms in total. The average molecular weight is 488 g/mol. The van der Waals surface area contributed by atoms with Gasteiger partial charge in [0.1, 0.15) is 5.15 Å². The second kappa shape index (κ2) is 9.36. The third kappa shape index (κ3) is 5.26. The average Bonchev–Trinajstić information content (AvgIpc) is 3.29. The fraction of sp³-hybridized carbons (Fsp3) is 0.261. The van der Waals surface area contributed by atoms with Gasteiger partial charge in [-0.2, -0.15) is 5.10 Å². The Kier molecular flexibility index (Phi) is 6.53. The molecule has 1 saturated heterocycles. The maximum atomic E-state index is 12.2. The predicted molar refractivity (Wildman–Crippen MR) is 127 cm³/mol. The third-order valence-electron chi connectivity index (χ3n) is 5.42. The van der Waals surface area contributed by atoms with Gasteiger partial charge in [-0.25, -0.2) is 17.9 Å². The molecule has 2 heterocycles. The number of halogens is 1. The number of benzene rings is 2. The summed E-state index contributed by atoms with van der Waals surface area (Å²) in [6.07, 6.45) is 3.06. The van der Waals surface area contributed by atoms with Gasteiger partial charge in [0.25, 0.3) is 5.91 Å². The molecular weight excluding hydrogens is 466 g/mol. The molecule has 1 atom stereocenters. The van der Waals surface area contributed by atoms with Gasteiger partial charge in [-0.3, -0.25) is 4.79 Å². The summed E-state index contributed by atoms with van der Waals surface area (Å²) in [5.74, 6) is -1.08. The van der Waals surface area contributed by atoms with Crippen LogP contribution in [-0.4, -0.2) is 48.2 Å². The molecule has 1 aromatic heterocycles. The van der Waals surface area contributed by atoms with Crippen molar-refractivity contribution in [1.82, 2.24) is 9.78 Å². The highest BCUT2D eigenvalue weighted by atomic mass is 35.5. The second-order valence-corrected chi connectivity index (χ2v) is 10.4. The van der Waals surface area contributed by atoms with Gasteiger partial charge in [0, 0.05) is 22.7 Å². The van der Waals surface area contributed by atoms with E-state index >= 15 is 0 Å². The van der Waals surface area contributed by atoms with Gasteiger partial charge in [0.05, 0.1) is 23.2 Å². The largest absolute Gasteiger partial charge is 0.452 e. The van der Waals surface area contributed by atoms with Crippen LogP contribution in [0.5, 0.6) is 0 Å². The Morgan fingerprint density at radius 1 is 1.24 bits per heavy atom. The van der Waals surface area contributed by atoms with Gasteiger partial charge >= 0.3 is 5.97 Å². The van der Waals surface area contributed by atoms with Gasteiger partial charge in [0.2, 0.25) is 0 Å². The molecule has 33 heavy (non-hydrogen) atoms. The van der Waals surface area contributed by atoms with Crippen molar-refractivity contribution in [2.75, 3.05) is 23.4 Å². The summed E-state index contributed by atoms with van der Waals surface area (Å²) in [6.45, 7) is 1.27. The molecule has 4 rings (SSSR count). The number of hydrogen-bond acceptors (Lipinski definition) is 6. The first-order valence-corrected chi connectivity index (χ1v) is 12.5. The Balaban J connectivity index is 1.36. The van der Waals surface area contributed by atoms with Crippen molar-refractivity contribution in [3.63, 3.8) is 0 Å². The van der Waals surface area contributed by atoms with E-state index in [9.17, 15) is 18.0 Å². The van der Waals surface area contributed by atoms with E-state index in [1.54, 1.807) is 13.0 Å². The van der Waals surface area contributed by atoms with Crippen molar-refractivity contribution in [3.8, 4) is 0 Å². The number of fused-ring (bicyclic) bond motifs is 1. The van der Waals surface area contributed by atoms with Gasteiger partial charge in [-0.15, -0.1) is 0 Å². The maximum Gasteiger partial charge on any atom is 0.331 e. The summed E-state index contributed by atoms with van der Waals surface area (Å²) in [5, 5.41) is 9.21. The third-order valence-corrected chi connectivity index (χ3v) is 7.55. The minimum atomic E-state index is -3.09. The number of nitrogens with zero attached hydrogens (tertiary/aromatic N) is 2. The fourth-order valence-corrected chi connectivity index (χ4v) is 5.86. The summed E-state index contributed by atoms with van der Waals surface area (Å²) in [5.41, 5.74) is 1.69. The number of anilines is 1. The van der Waals surface area contributed by atoms with Crippen molar-refractivity contribution >= 4 is 55.9 Å². The molecule has 0 bridgehead atoms. The predicted octanol–water partition coefficient (Wildman–Crippen LogP) is 3.55. The molecule has 0 radical (unpaired) electrons. The smallest absolute Gasteiger partial charge is 0.331 e. The first kappa shape index (κ1) is 23.0. The van der Waals surface area contributed by atoms with Crippen LogP contribution in [0.4, 0.5) is 5.69 Å². The quantitative estimate of drug-likeness (QED) is 0.421. The standard InChI is InChI=1S/C23H22ClN3O5S/c1-15-18(23(24)27(26-15)17-11-12-33(30,31)14-17)9-10-22(29)32-13-21(28)25-20-8-4-6-16-5-2-3-7-19(16)20/h2-10,17H,11-14H2,1H3,(H,25,28)/b10-9+. The molecule has 1 aliphatic heterocycles. The zero-order valence-electron chi connectivity index (χ0n) is 17.8. The molecule has 3 aromatic rings. The van der Waals surface area contributed by atoms with E-state index in [1.807, 2.05) is 36.4 Å². The van der Waals surface area contributed by atoms with Crippen molar-refractivity contribution in [1.29, 1.82) is 0 Å². The highest BCUT2D eigenvalue weighted by Crippen LogP contribution is 2.30. The number of esters is 1. The van der Waals surface area contributed by atoms with Crippen LogP contribution in [-0.2, 0) is 24.2 Å². The zero-order valence-corrected chi connectivity index (χ0v) is 19.4. The molecule has 1 fully saturated rings. The van der Waals surface area contributed by atoms with E-state index in [0.717, 1.165) is 16.8 Å². The molecule has 1 N–H and O–H groups in total. The summed E-state index contributed by atoms with van der Waals surface area (Å²) in [4.78, 5) is 24.4. The Labute approximate surface area is 196 Å². The number of aromatic nitrogens is 2. The molecule has 2 aromatic carbocycles. The monoisotopic (exact) mass is 487 g/mol. The van der Waals surface area contributed by atoms with E-state index in [-0.39, 0.29) is 22.7 Å². The number of carbonyl (C=O) groups is 2. The second-order valence-electron chi connectivity index (χ2n) is 7.81. The minimum absolute atomic E-state index is 0.00908. The number of aryl methyl sites for hydroxylation is 1. The van der Waals surface area contributed by atoms with Gasteiger partial charge < -0.3 is 10.1 Å². The lowest BCUT2D eigenvalue weighted by Gasteiger charge is -2.09. The Morgan fingerprint density at radius 2 is 2.00 bits per heavy atom. The molecule has 1 aliphatic rings. The molecule has 0 saturated carbocycles. The lowest BCUT2D eigenvalue weighted by molar-refractivity contribution is -0.142. The Morgan fingerprint density at radius 3 is 2.76 bits per heavy atom. The number of rotatable bonds is 6. The van der Waals surface area contributed by atoms with Crippen molar-refractivity contribution < 1.29 is 22.7 Å². The van der Waals surface area contributed by atoms with Gasteiger partial charge in [-0.05, 0) is 30.9 Å². The number of carbonyl (C=O) groups excluding carboxylic acids is 2. The highest BCUT2D eigenvalue weighted by Gasteiger charge is 2.31. The first-order valence-electron chi connectivity index (χ1n) is 10.3. The van der Waals surface area contributed by atoms with Crippen LogP contribution in [0.25, 0.3) is 16.8 Å². The summed E-state index contributed by atoms with van der Waals surface area (Å²) >= 11 is 6.39. The lowest BCUT2D eigenvalue weighted by atomic mass is 10.1. The number of ether oxygens (including phenoxy) is 1. The minimum Gasteiger partial charge on any atom is -0.452 e. The van der Waals surface area contributed by atoms with E-state index in [1.165, 1.54) is 10.8 Å². The normalized spacial score (nSPS) is 17.5. The van der Waals surface area contributed by atoms with Gasteiger partial charge in [-0.1, -0.05) is 48.0 Å². The molecular formula is C23H22ClN3O5S. The number of hydrogen-bond donors (Lipinski definition) is 1. The van der Waals surface area contributed by atoms with Crippen LogP contribution in [0, 0.1) is 6.92 Å². The van der Waals surface area contributed by atoms with Crippen molar-refractivity contribution in [2.24, 2.45) is 0 Å². The molecule has 0 spiro atoms. The topological polar surface area (TPSA) is 107 Å². The molecule has 0 aliphatic carbocycles. The van der Waals surface area contributed by atoms with Crippen LogP contribution in [0.2, 0.25) is 5.15 Å². The summed E-state index contributed by atoms with van der Waals surface area (Å²) in [7, 11) is -3.09.